The van der Waals surface area contributed by atoms with Crippen LogP contribution in [0, 0.1) is 6.92 Å². The Hall–Kier alpha value is -2.57. The Kier molecular flexibility index (Phi) is 8.26. The number of ether oxygens (including phenoxy) is 1. The summed E-state index contributed by atoms with van der Waals surface area (Å²) in [7, 11) is -3.94. The number of rotatable bonds is 8. The maximum Gasteiger partial charge on any atom is 0.266 e. The number of pyridine rings is 1. The number of nitrogens with one attached hydrogen (secondary N) is 2. The molecule has 1 amide bonds. The van der Waals surface area contributed by atoms with Crippen molar-refractivity contribution in [3.05, 3.63) is 47.5 Å². The number of aliphatic hydroxyl groups excluding tert-OH is 1. The van der Waals surface area contributed by atoms with Crippen molar-refractivity contribution in [1.82, 2.24) is 20.1 Å². The van der Waals surface area contributed by atoms with E-state index in [2.05, 4.69) is 22.4 Å². The topological polar surface area (TPSA) is 141 Å². The molecule has 4 rings (SSSR count). The van der Waals surface area contributed by atoms with Crippen LogP contribution in [-0.2, 0) is 14.8 Å². The van der Waals surface area contributed by atoms with E-state index in [4.69, 9.17) is 9.84 Å². The number of benzene rings is 1. The Labute approximate surface area is 211 Å². The summed E-state index contributed by atoms with van der Waals surface area (Å²) >= 11 is 0. The minimum Gasteiger partial charge on any atom is -0.475 e. The highest BCUT2D eigenvalue weighted by Crippen LogP contribution is 2.37. The van der Waals surface area contributed by atoms with E-state index in [1.165, 1.54) is 4.31 Å². The van der Waals surface area contributed by atoms with Gasteiger partial charge < -0.3 is 15.2 Å². The molecule has 2 saturated heterocycles. The number of hydrogen-bond acceptors (Lipinski definition) is 8. The Morgan fingerprint density at radius 2 is 1.94 bits per heavy atom. The van der Waals surface area contributed by atoms with Crippen molar-refractivity contribution in [3.63, 3.8) is 0 Å². The number of aromatic nitrogens is 1. The molecule has 2 aliphatic heterocycles. The van der Waals surface area contributed by atoms with Gasteiger partial charge in [-0.05, 0) is 68.8 Å². The fraction of sp³-hybridized carbons (Fsp3) is 0.520. The molecular formula is C25H34N4O6S. The van der Waals surface area contributed by atoms with Gasteiger partial charge in [0.15, 0.2) is 4.75 Å². The van der Waals surface area contributed by atoms with Crippen LogP contribution in [0.25, 0.3) is 11.3 Å². The van der Waals surface area contributed by atoms with Gasteiger partial charge in [0.2, 0.25) is 15.9 Å². The second kappa shape index (κ2) is 11.2. The summed E-state index contributed by atoms with van der Waals surface area (Å²) in [5, 5.41) is 21.3. The smallest absolute Gasteiger partial charge is 0.266 e. The van der Waals surface area contributed by atoms with Gasteiger partial charge in [-0.15, -0.1) is 0 Å². The zero-order valence-corrected chi connectivity index (χ0v) is 21.3. The van der Waals surface area contributed by atoms with Gasteiger partial charge in [-0.1, -0.05) is 24.3 Å². The molecular weight excluding hydrogens is 484 g/mol. The van der Waals surface area contributed by atoms with Gasteiger partial charge in [0.05, 0.1) is 12.3 Å². The van der Waals surface area contributed by atoms with Crippen LogP contribution in [0.2, 0.25) is 0 Å². The second-order valence-corrected chi connectivity index (χ2v) is 11.6. The Morgan fingerprint density at radius 3 is 2.58 bits per heavy atom. The normalized spacial score (nSPS) is 19.1. The van der Waals surface area contributed by atoms with Crippen LogP contribution in [0.1, 0.15) is 42.7 Å². The van der Waals surface area contributed by atoms with E-state index >= 15 is 0 Å². The molecule has 0 bridgehead atoms. The summed E-state index contributed by atoms with van der Waals surface area (Å²) in [5.74, 6) is -0.191. The average molecular weight is 519 g/mol. The van der Waals surface area contributed by atoms with E-state index in [1.54, 1.807) is 11.5 Å². The van der Waals surface area contributed by atoms with E-state index in [9.17, 15) is 18.4 Å². The Bertz CT molecular complexity index is 1170. The number of aliphatic hydroxyl groups is 1. The predicted octanol–water partition coefficient (Wildman–Crippen LogP) is 1.56. The van der Waals surface area contributed by atoms with Crippen molar-refractivity contribution in [2.75, 3.05) is 39.4 Å². The molecule has 10 nitrogen and oxygen atoms in total. The highest BCUT2D eigenvalue weighted by atomic mass is 32.2. The number of carbonyl (C=O) groups is 1. The molecule has 36 heavy (non-hydrogen) atoms. The van der Waals surface area contributed by atoms with Crippen LogP contribution in [0.4, 0.5) is 0 Å². The maximum atomic E-state index is 13.6. The third kappa shape index (κ3) is 5.12. The van der Waals surface area contributed by atoms with E-state index < -0.39 is 20.7 Å². The quantitative estimate of drug-likeness (QED) is 0.305. The lowest BCUT2D eigenvalue weighted by atomic mass is 9.88. The second-order valence-electron chi connectivity index (χ2n) is 9.37. The summed E-state index contributed by atoms with van der Waals surface area (Å²) in [6.07, 6.45) is 1.55. The van der Waals surface area contributed by atoms with E-state index in [1.807, 2.05) is 25.1 Å². The fourth-order valence-corrected chi connectivity index (χ4v) is 7.42. The first kappa shape index (κ1) is 26.5. The predicted molar refractivity (Wildman–Crippen MR) is 134 cm³/mol. The van der Waals surface area contributed by atoms with Gasteiger partial charge in [-0.25, -0.2) is 23.2 Å². The van der Waals surface area contributed by atoms with Gasteiger partial charge >= 0.3 is 0 Å². The Morgan fingerprint density at radius 1 is 1.22 bits per heavy atom. The molecule has 1 aromatic heterocycles. The summed E-state index contributed by atoms with van der Waals surface area (Å²) in [4.78, 5) is 17.0. The SMILES string of the molecule is Cc1cc(C2CCN(S(=O)(=O)C3(C(=O)NO)CCNCC3)CC2)ccc1-c1cccc(OCCO)n1. The number of aryl methyl sites for hydroxylation is 1. The molecule has 4 N–H and O–H groups in total. The van der Waals surface area contributed by atoms with Crippen LogP contribution in [-0.4, -0.2) is 78.1 Å². The van der Waals surface area contributed by atoms with Gasteiger partial charge in [0.1, 0.15) is 6.61 Å². The molecule has 0 radical (unpaired) electrons. The molecule has 11 heteroatoms. The highest BCUT2D eigenvalue weighted by molar-refractivity contribution is 7.91. The molecule has 2 aliphatic rings. The number of hydrogen-bond donors (Lipinski definition) is 4. The van der Waals surface area contributed by atoms with E-state index in [0.29, 0.717) is 44.9 Å². The number of piperidine rings is 2. The first-order chi connectivity index (χ1) is 17.3. The summed E-state index contributed by atoms with van der Waals surface area (Å²) in [6.45, 7) is 3.59. The first-order valence-electron chi connectivity index (χ1n) is 12.3. The van der Waals surface area contributed by atoms with Gasteiger partial charge in [0, 0.05) is 24.7 Å². The van der Waals surface area contributed by atoms with Crippen molar-refractivity contribution in [2.45, 2.75) is 43.3 Å². The molecule has 1 aromatic carbocycles. The molecule has 0 spiro atoms. The van der Waals surface area contributed by atoms with Crippen molar-refractivity contribution < 1.29 is 28.3 Å². The van der Waals surface area contributed by atoms with Crippen LogP contribution in [0.3, 0.4) is 0 Å². The van der Waals surface area contributed by atoms with Gasteiger partial charge in [-0.2, -0.15) is 0 Å². The van der Waals surface area contributed by atoms with Crippen LogP contribution in [0.15, 0.2) is 36.4 Å². The van der Waals surface area contributed by atoms with Gasteiger partial charge in [-0.3, -0.25) is 10.0 Å². The lowest BCUT2D eigenvalue weighted by molar-refractivity contribution is -0.132. The summed E-state index contributed by atoms with van der Waals surface area (Å²) in [5.41, 5.74) is 5.56. The molecule has 196 valence electrons. The summed E-state index contributed by atoms with van der Waals surface area (Å²) in [6, 6.07) is 11.7. The standard InChI is InChI=1S/C25H34N4O6S/c1-18-17-20(5-6-21(18)22-3-2-4-23(27-22)35-16-15-30)19-7-13-29(14-8-19)36(33,34)25(24(31)28-32)9-11-26-12-10-25/h2-6,17,19,26,30,32H,7-16H2,1H3,(H,28,31). The van der Waals surface area contributed by atoms with Crippen molar-refractivity contribution >= 4 is 15.9 Å². The molecule has 2 aromatic rings. The lowest BCUT2D eigenvalue weighted by Gasteiger charge is -2.41. The number of hydroxylamine groups is 1. The third-order valence-corrected chi connectivity index (χ3v) is 9.90. The molecule has 2 fully saturated rings. The van der Waals surface area contributed by atoms with Crippen LogP contribution < -0.4 is 15.5 Å². The zero-order chi connectivity index (χ0) is 25.8. The number of carbonyl (C=O) groups excluding carboxylic acids is 1. The van der Waals surface area contributed by atoms with E-state index in [-0.39, 0.29) is 32.0 Å². The largest absolute Gasteiger partial charge is 0.475 e. The molecule has 0 unspecified atom stereocenters. The molecule has 0 saturated carbocycles. The number of amides is 1. The summed E-state index contributed by atoms with van der Waals surface area (Å²) < 4.78 is 32.3. The maximum absolute atomic E-state index is 13.6. The number of nitrogens with zero attached hydrogens (tertiary/aromatic N) is 2. The van der Waals surface area contributed by atoms with Crippen molar-refractivity contribution in [3.8, 4) is 17.1 Å². The highest BCUT2D eigenvalue weighted by Gasteiger charge is 2.54. The first-order valence-corrected chi connectivity index (χ1v) is 13.7. The fourth-order valence-electron chi connectivity index (χ4n) is 5.23. The number of sulfonamides is 1. The Balaban J connectivity index is 1.47. The van der Waals surface area contributed by atoms with Crippen LogP contribution >= 0.6 is 0 Å². The minimum absolute atomic E-state index is 0.0768. The average Bonchev–Trinajstić information content (AvgIpc) is 2.91. The lowest BCUT2D eigenvalue weighted by Crippen LogP contribution is -2.61. The third-order valence-electron chi connectivity index (χ3n) is 7.28. The molecule has 0 aliphatic carbocycles. The molecule has 3 heterocycles. The van der Waals surface area contributed by atoms with Crippen LogP contribution in [0.5, 0.6) is 5.88 Å². The van der Waals surface area contributed by atoms with Crippen molar-refractivity contribution in [2.24, 2.45) is 0 Å². The van der Waals surface area contributed by atoms with E-state index in [0.717, 1.165) is 22.4 Å². The molecule has 0 atom stereocenters. The minimum atomic E-state index is -3.94. The monoisotopic (exact) mass is 518 g/mol. The zero-order valence-electron chi connectivity index (χ0n) is 20.4. The van der Waals surface area contributed by atoms with Crippen molar-refractivity contribution in [1.29, 1.82) is 0 Å². The van der Waals surface area contributed by atoms with Gasteiger partial charge in [0.25, 0.3) is 5.91 Å².